The average molecular weight is 1790 g/mol. The summed E-state index contributed by atoms with van der Waals surface area (Å²) in [7, 11) is -9.82. The summed E-state index contributed by atoms with van der Waals surface area (Å²) in [6, 6.07) is 0. The highest BCUT2D eigenvalue weighted by molar-refractivity contribution is 7.47. The van der Waals surface area contributed by atoms with Crippen molar-refractivity contribution in [1.29, 1.82) is 0 Å². The molecule has 18 heteroatoms. The predicted molar refractivity (Wildman–Crippen MR) is 528 cm³/mol. The molecule has 0 aromatic heterocycles. The van der Waals surface area contributed by atoms with E-state index in [1.165, 1.54) is 205 Å². The van der Waals surface area contributed by atoms with Crippen molar-refractivity contribution in [2.45, 2.75) is 450 Å². The van der Waals surface area contributed by atoms with Crippen molar-refractivity contribution < 1.29 is 75.8 Å². The molecule has 0 saturated carbocycles. The third kappa shape index (κ3) is 99.3. The van der Waals surface area contributed by atoms with Crippen LogP contribution < -0.4 is 0 Å². The maximum absolute atomic E-state index is 13.1. The highest BCUT2D eigenvalue weighted by Gasteiger charge is 2.30. The molecule has 5 unspecified atom stereocenters. The zero-order valence-electron chi connectivity index (χ0n) is 79.5. The van der Waals surface area contributed by atoms with Crippen LogP contribution in [0.25, 0.3) is 0 Å². The second-order valence-corrected chi connectivity index (χ2v) is 36.4. The number of ether oxygens (including phenoxy) is 3. The van der Waals surface area contributed by atoms with Crippen LogP contribution in [0, 0.1) is 0 Å². The highest BCUT2D eigenvalue weighted by atomic mass is 31.2. The monoisotopic (exact) mass is 1790 g/mol. The number of hydrogen-bond donors (Lipinski definition) is 4. The number of carbonyl (C=O) groups excluding carboxylic acids is 3. The lowest BCUT2D eigenvalue weighted by atomic mass is 10.0. The van der Waals surface area contributed by atoms with Crippen LogP contribution in [0.2, 0.25) is 0 Å². The minimum Gasteiger partial charge on any atom is -0.463 e. The molecule has 16 nitrogen and oxygen atoms in total. The van der Waals surface area contributed by atoms with Crippen LogP contribution in [-0.4, -0.2) is 95.9 Å². The fourth-order valence-electron chi connectivity index (χ4n) is 13.8. The van der Waals surface area contributed by atoms with Crippen molar-refractivity contribution in [1.82, 2.24) is 0 Å². The van der Waals surface area contributed by atoms with E-state index in [4.69, 9.17) is 32.3 Å². The Morgan fingerprint density at radius 2 is 0.424 bits per heavy atom. The first-order chi connectivity index (χ1) is 61.2. The fraction of sp³-hybridized carbons (Fsp3) is 0.710. The lowest BCUT2D eigenvalue weighted by Crippen LogP contribution is -2.30. The van der Waals surface area contributed by atoms with Crippen LogP contribution in [0.1, 0.15) is 432 Å². The Labute approximate surface area is 764 Å². The van der Waals surface area contributed by atoms with E-state index in [1.807, 2.05) is 0 Å². The van der Waals surface area contributed by atoms with Gasteiger partial charge >= 0.3 is 33.6 Å². The smallest absolute Gasteiger partial charge is 0.463 e. The molecule has 5 atom stereocenters. The molecule has 0 fully saturated rings. The number of aliphatic hydroxyl groups excluding tert-OH is 2. The van der Waals surface area contributed by atoms with Crippen LogP contribution in [0.15, 0.2) is 170 Å². The van der Waals surface area contributed by atoms with Crippen LogP contribution >= 0.6 is 15.6 Å². The first-order valence-electron chi connectivity index (χ1n) is 50.4. The van der Waals surface area contributed by atoms with Gasteiger partial charge in [-0.25, -0.2) is 9.13 Å². The lowest BCUT2D eigenvalue weighted by molar-refractivity contribution is -0.161. The van der Waals surface area contributed by atoms with Gasteiger partial charge < -0.3 is 34.2 Å². The molecule has 0 amide bonds. The van der Waals surface area contributed by atoms with Gasteiger partial charge in [-0.3, -0.25) is 32.5 Å². The van der Waals surface area contributed by atoms with Crippen molar-refractivity contribution in [3.05, 3.63) is 170 Å². The summed E-state index contributed by atoms with van der Waals surface area (Å²) >= 11 is 0. The summed E-state index contributed by atoms with van der Waals surface area (Å²) in [5.74, 6) is -1.56. The molecule has 0 aliphatic rings. The van der Waals surface area contributed by atoms with Crippen LogP contribution in [0.3, 0.4) is 0 Å². The standard InChI is InChI=1S/C107H184O16P2/c1-4-7-10-13-16-19-22-25-28-31-34-37-40-43-46-48-49-50-51-53-56-57-60-63-66-69-72-75-78-81-84-87-90-93-105(110)117-96-102(108)97-119-124(113,114)120-98-103(109)99-121-125(115,116)122-101-104(123-107(112)95-92-89-86-83-80-77-74-71-68-65-62-59-54-45-42-39-36-33-30-27-24-21-18-15-12-9-6-3)100-118-106(111)94-91-88-85-82-79-76-73-70-67-64-61-58-55-52-47-44-41-38-35-32-29-26-23-20-17-14-11-8-5-2/h7-8,10-11,16-21,25-30,34-39,43-47,54,102-104,108-109H,4-6,9,12-15,22-24,31-33,40-42,48-53,55-101H2,1-3H3,(H,113,114)(H,115,116)/b10-7-,11-8-,19-16-,20-17-,21-18-,28-25-,29-26-,30-27-,37-34-,38-35-,39-36-,46-43-,47-44-,54-45-. The molecular weight excluding hydrogens is 1600 g/mol. The van der Waals surface area contributed by atoms with E-state index in [2.05, 4.69) is 191 Å². The molecule has 125 heavy (non-hydrogen) atoms. The summed E-state index contributed by atoms with van der Waals surface area (Å²) in [6.45, 7) is 2.50. The zero-order valence-corrected chi connectivity index (χ0v) is 81.3. The Bertz CT molecular complexity index is 2950. The van der Waals surface area contributed by atoms with Crippen LogP contribution in [0.4, 0.5) is 0 Å². The molecule has 0 aromatic carbocycles. The maximum atomic E-state index is 13.1. The molecule has 0 aliphatic heterocycles. The molecular formula is C107H184O16P2. The van der Waals surface area contributed by atoms with Gasteiger partial charge in [0.15, 0.2) is 6.10 Å². The molecule has 0 aliphatic carbocycles. The van der Waals surface area contributed by atoms with Gasteiger partial charge in [-0.2, -0.15) is 0 Å². The van der Waals surface area contributed by atoms with Gasteiger partial charge in [0.05, 0.1) is 26.4 Å². The Kier molecular flexibility index (Phi) is 94.0. The summed E-state index contributed by atoms with van der Waals surface area (Å²) < 4.78 is 61.7. The molecule has 0 heterocycles. The molecule has 0 spiro atoms. The van der Waals surface area contributed by atoms with Crippen molar-refractivity contribution >= 4 is 33.6 Å². The number of aliphatic hydroxyl groups is 2. The van der Waals surface area contributed by atoms with E-state index in [0.29, 0.717) is 19.3 Å². The molecule has 0 radical (unpaired) electrons. The summed E-state index contributed by atoms with van der Waals surface area (Å²) in [6.07, 6.45) is 128. The second kappa shape index (κ2) is 98.0. The number of esters is 3. The minimum absolute atomic E-state index is 0.0978. The Morgan fingerprint density at radius 1 is 0.232 bits per heavy atom. The minimum atomic E-state index is -4.95. The number of phosphoric ester groups is 2. The normalized spacial score (nSPS) is 14.4. The Balaban J connectivity index is 4.60. The van der Waals surface area contributed by atoms with Crippen molar-refractivity contribution in [3.63, 3.8) is 0 Å². The third-order valence-corrected chi connectivity index (χ3v) is 23.3. The second-order valence-electron chi connectivity index (χ2n) is 33.5. The van der Waals surface area contributed by atoms with Gasteiger partial charge in [-0.05, 0) is 154 Å². The highest BCUT2D eigenvalue weighted by Crippen LogP contribution is 2.45. The molecule has 0 rings (SSSR count). The number of rotatable bonds is 95. The van der Waals surface area contributed by atoms with E-state index in [-0.39, 0.29) is 19.3 Å². The quantitative estimate of drug-likeness (QED) is 0.0146. The largest absolute Gasteiger partial charge is 0.472 e. The number of hydrogen-bond acceptors (Lipinski definition) is 14. The van der Waals surface area contributed by atoms with Gasteiger partial charge in [0.2, 0.25) is 0 Å². The lowest BCUT2D eigenvalue weighted by Gasteiger charge is -2.21. The first-order valence-corrected chi connectivity index (χ1v) is 53.4. The van der Waals surface area contributed by atoms with Crippen molar-refractivity contribution in [2.75, 3.05) is 39.6 Å². The summed E-state index contributed by atoms with van der Waals surface area (Å²) in [4.78, 5) is 59.2. The number of phosphoric acid groups is 2. The van der Waals surface area contributed by atoms with Gasteiger partial charge in [0, 0.05) is 19.3 Å². The van der Waals surface area contributed by atoms with Gasteiger partial charge in [0.25, 0.3) is 0 Å². The van der Waals surface area contributed by atoms with Gasteiger partial charge in [0.1, 0.15) is 25.4 Å². The predicted octanol–water partition coefficient (Wildman–Crippen LogP) is 31.8. The van der Waals surface area contributed by atoms with E-state index < -0.39 is 91.5 Å². The van der Waals surface area contributed by atoms with E-state index in [9.17, 15) is 43.5 Å². The van der Waals surface area contributed by atoms with Gasteiger partial charge in [-0.1, -0.05) is 428 Å². The van der Waals surface area contributed by atoms with Crippen molar-refractivity contribution in [3.8, 4) is 0 Å². The fourth-order valence-corrected chi connectivity index (χ4v) is 15.4. The van der Waals surface area contributed by atoms with Crippen LogP contribution in [0.5, 0.6) is 0 Å². The Morgan fingerprint density at radius 3 is 0.672 bits per heavy atom. The van der Waals surface area contributed by atoms with Crippen molar-refractivity contribution in [2.24, 2.45) is 0 Å². The van der Waals surface area contributed by atoms with Crippen LogP contribution in [-0.2, 0) is 55.8 Å². The summed E-state index contributed by atoms with van der Waals surface area (Å²) in [5.41, 5.74) is 0. The van der Waals surface area contributed by atoms with E-state index >= 15 is 0 Å². The van der Waals surface area contributed by atoms with E-state index in [0.717, 1.165) is 167 Å². The third-order valence-electron chi connectivity index (χ3n) is 21.4. The molecule has 0 saturated heterocycles. The topological polar surface area (TPSA) is 231 Å². The molecule has 0 aromatic rings. The zero-order chi connectivity index (χ0) is 90.7. The number of allylic oxidation sites excluding steroid dienone is 28. The Hall–Kier alpha value is -5.09. The summed E-state index contributed by atoms with van der Waals surface area (Å²) in [5, 5.41) is 20.8. The molecule has 0 bridgehead atoms. The first kappa shape index (κ1) is 120. The number of unbranched alkanes of at least 4 members (excludes halogenated alkanes) is 44. The SMILES string of the molecule is CC/C=C\C/C=C\C/C=C\C/C=C\C/C=C\CCCCCCCCCCCCCCCCCCCC(=O)OCC(O)COP(=O)(O)OCC(O)COP(=O)(O)OCC(COC(=O)CCCCCCCCCCCCCCC/C=C\C/C=C\C/C=C\C/C=C\C/C=C\CC)OC(=O)CCCCCCCCCCCCC/C=C\C/C=C\C/C=C\C/C=C\CCCCC. The maximum Gasteiger partial charge on any atom is 0.472 e. The average Bonchev–Trinajstić information content (AvgIpc) is 0.902. The van der Waals surface area contributed by atoms with Gasteiger partial charge in [-0.15, -0.1) is 0 Å². The molecule has 718 valence electrons. The number of carbonyl (C=O) groups is 3. The van der Waals surface area contributed by atoms with E-state index in [1.54, 1.807) is 0 Å². The molecule has 4 N–H and O–H groups in total.